The Kier molecular flexibility index (Phi) is 3.93. The predicted molar refractivity (Wildman–Crippen MR) is 79.7 cm³/mol. The molecule has 8 nitrogen and oxygen atoms in total. The Hall–Kier alpha value is -2.22. The highest BCUT2D eigenvalue weighted by Gasteiger charge is 2.22. The van der Waals surface area contributed by atoms with E-state index < -0.39 is 0 Å². The average Bonchev–Trinajstić information content (AvgIpc) is 3.05. The van der Waals surface area contributed by atoms with Crippen molar-refractivity contribution in [3.63, 3.8) is 0 Å². The molecule has 3 heterocycles. The van der Waals surface area contributed by atoms with E-state index >= 15 is 0 Å². The molecule has 0 saturated carbocycles. The van der Waals surface area contributed by atoms with Gasteiger partial charge in [0.1, 0.15) is 11.6 Å². The van der Waals surface area contributed by atoms with Crippen LogP contribution >= 0.6 is 0 Å². The number of likely N-dealkylation sites (N-methyl/N-ethyl adjacent to an activating group) is 1. The second-order valence-corrected chi connectivity index (χ2v) is 5.80. The molecule has 8 heteroatoms. The van der Waals surface area contributed by atoms with E-state index in [1.165, 1.54) is 0 Å². The van der Waals surface area contributed by atoms with Crippen molar-refractivity contribution >= 4 is 5.91 Å². The standard InChI is InChI=1S/C14H21N7O/c1-11-16-17-13-9-20(4-5-21(11)13)10-14(22)18(2)7-12-6-15-19(3)8-12/h6,8H,4-5,7,9-10H2,1-3H3. The molecule has 1 aliphatic rings. The van der Waals surface area contributed by atoms with Crippen molar-refractivity contribution in [1.29, 1.82) is 0 Å². The number of aromatic nitrogens is 5. The Morgan fingerprint density at radius 1 is 1.36 bits per heavy atom. The van der Waals surface area contributed by atoms with Crippen molar-refractivity contribution < 1.29 is 4.79 Å². The molecule has 1 amide bonds. The molecule has 2 aromatic rings. The van der Waals surface area contributed by atoms with Crippen LogP contribution in [-0.4, -0.2) is 60.4 Å². The highest BCUT2D eigenvalue weighted by molar-refractivity contribution is 5.78. The topological polar surface area (TPSA) is 72.1 Å². The van der Waals surface area contributed by atoms with Crippen molar-refractivity contribution in [2.45, 2.75) is 26.6 Å². The zero-order valence-electron chi connectivity index (χ0n) is 13.2. The van der Waals surface area contributed by atoms with Crippen molar-refractivity contribution in [1.82, 2.24) is 34.3 Å². The number of fused-ring (bicyclic) bond motifs is 1. The molecule has 1 aliphatic heterocycles. The van der Waals surface area contributed by atoms with Crippen LogP contribution in [0.2, 0.25) is 0 Å². The minimum atomic E-state index is 0.105. The highest BCUT2D eigenvalue weighted by Crippen LogP contribution is 2.12. The first-order chi connectivity index (χ1) is 10.5. The van der Waals surface area contributed by atoms with Gasteiger partial charge in [0.05, 0.1) is 19.3 Å². The first-order valence-corrected chi connectivity index (χ1v) is 7.35. The van der Waals surface area contributed by atoms with Gasteiger partial charge in [0.15, 0.2) is 0 Å². The van der Waals surface area contributed by atoms with E-state index in [1.807, 2.05) is 27.2 Å². The molecule has 0 bridgehead atoms. The van der Waals surface area contributed by atoms with E-state index in [4.69, 9.17) is 0 Å². The number of hydrogen-bond donors (Lipinski definition) is 0. The molecule has 118 valence electrons. The fraction of sp³-hybridized carbons (Fsp3) is 0.571. The molecular weight excluding hydrogens is 282 g/mol. The van der Waals surface area contributed by atoms with Gasteiger partial charge in [-0.15, -0.1) is 10.2 Å². The molecule has 0 aromatic carbocycles. The lowest BCUT2D eigenvalue weighted by Crippen LogP contribution is -2.42. The van der Waals surface area contributed by atoms with E-state index in [-0.39, 0.29) is 5.91 Å². The van der Waals surface area contributed by atoms with Gasteiger partial charge in [0, 0.05) is 45.5 Å². The van der Waals surface area contributed by atoms with Gasteiger partial charge in [0.25, 0.3) is 0 Å². The number of nitrogens with zero attached hydrogens (tertiary/aromatic N) is 7. The van der Waals surface area contributed by atoms with E-state index in [2.05, 4.69) is 24.8 Å². The zero-order chi connectivity index (χ0) is 15.7. The van der Waals surface area contributed by atoms with Crippen LogP contribution in [0.25, 0.3) is 0 Å². The molecule has 0 unspecified atom stereocenters. The Balaban J connectivity index is 1.55. The Morgan fingerprint density at radius 2 is 2.18 bits per heavy atom. The smallest absolute Gasteiger partial charge is 0.236 e. The van der Waals surface area contributed by atoms with Gasteiger partial charge >= 0.3 is 0 Å². The lowest BCUT2D eigenvalue weighted by molar-refractivity contribution is -0.132. The summed E-state index contributed by atoms with van der Waals surface area (Å²) in [6.45, 7) is 5.30. The summed E-state index contributed by atoms with van der Waals surface area (Å²) in [4.78, 5) is 16.2. The first-order valence-electron chi connectivity index (χ1n) is 7.35. The maximum atomic E-state index is 12.4. The largest absolute Gasteiger partial charge is 0.340 e. The lowest BCUT2D eigenvalue weighted by atomic mass is 10.3. The van der Waals surface area contributed by atoms with Crippen molar-refractivity contribution in [3.05, 3.63) is 29.6 Å². The van der Waals surface area contributed by atoms with Gasteiger partial charge in [0.2, 0.25) is 5.91 Å². The van der Waals surface area contributed by atoms with Crippen LogP contribution < -0.4 is 0 Å². The molecule has 0 fully saturated rings. The van der Waals surface area contributed by atoms with E-state index in [9.17, 15) is 4.79 Å². The second-order valence-electron chi connectivity index (χ2n) is 5.80. The summed E-state index contributed by atoms with van der Waals surface area (Å²) in [5, 5.41) is 12.4. The van der Waals surface area contributed by atoms with E-state index in [0.29, 0.717) is 19.6 Å². The molecule has 3 rings (SSSR count). The van der Waals surface area contributed by atoms with Crippen molar-refractivity contribution in [3.8, 4) is 0 Å². The first kappa shape index (κ1) is 14.7. The zero-order valence-corrected chi connectivity index (χ0v) is 13.2. The summed E-state index contributed by atoms with van der Waals surface area (Å²) in [7, 11) is 3.70. The molecule has 0 saturated heterocycles. The molecule has 0 aliphatic carbocycles. The third-order valence-electron chi connectivity index (χ3n) is 3.98. The third-order valence-corrected chi connectivity index (χ3v) is 3.98. The van der Waals surface area contributed by atoms with Crippen LogP contribution in [0, 0.1) is 6.92 Å². The molecule has 22 heavy (non-hydrogen) atoms. The van der Waals surface area contributed by atoms with E-state index in [1.54, 1.807) is 15.8 Å². The van der Waals surface area contributed by atoms with Gasteiger partial charge in [-0.05, 0) is 6.92 Å². The summed E-state index contributed by atoms with van der Waals surface area (Å²) in [6.07, 6.45) is 3.71. The number of rotatable bonds is 4. The minimum absolute atomic E-state index is 0.105. The lowest BCUT2D eigenvalue weighted by Gasteiger charge is -2.28. The molecule has 2 aromatic heterocycles. The molecule has 0 atom stereocenters. The summed E-state index contributed by atoms with van der Waals surface area (Å²) in [5.74, 6) is 1.98. The van der Waals surface area contributed by atoms with Crippen LogP contribution in [0.3, 0.4) is 0 Å². The SMILES string of the molecule is Cc1nnc2n1CCN(CC(=O)N(C)Cc1cnn(C)c1)C2. The number of amides is 1. The van der Waals surface area contributed by atoms with Gasteiger partial charge in [-0.3, -0.25) is 14.4 Å². The van der Waals surface area contributed by atoms with Crippen LogP contribution in [-0.2, 0) is 31.5 Å². The Morgan fingerprint density at radius 3 is 2.91 bits per heavy atom. The summed E-state index contributed by atoms with van der Waals surface area (Å²) >= 11 is 0. The van der Waals surface area contributed by atoms with Gasteiger partial charge < -0.3 is 9.47 Å². The maximum absolute atomic E-state index is 12.4. The third kappa shape index (κ3) is 3.01. The van der Waals surface area contributed by atoms with Crippen LogP contribution in [0.4, 0.5) is 0 Å². The predicted octanol–water partition coefficient (Wildman–Crippen LogP) is -0.206. The molecule has 0 spiro atoms. The number of carbonyl (C=O) groups is 1. The van der Waals surface area contributed by atoms with Gasteiger partial charge in [-0.1, -0.05) is 0 Å². The van der Waals surface area contributed by atoms with Gasteiger partial charge in [-0.25, -0.2) is 0 Å². The number of hydrogen-bond acceptors (Lipinski definition) is 5. The quantitative estimate of drug-likeness (QED) is 0.782. The fourth-order valence-corrected chi connectivity index (χ4v) is 2.72. The fourth-order valence-electron chi connectivity index (χ4n) is 2.72. The summed E-state index contributed by atoms with van der Waals surface area (Å²) in [5.41, 5.74) is 1.03. The van der Waals surface area contributed by atoms with Crippen LogP contribution in [0.15, 0.2) is 12.4 Å². The van der Waals surface area contributed by atoms with Crippen LogP contribution in [0.5, 0.6) is 0 Å². The Labute approximate surface area is 129 Å². The monoisotopic (exact) mass is 303 g/mol. The minimum Gasteiger partial charge on any atom is -0.340 e. The number of carbonyl (C=O) groups excluding carboxylic acids is 1. The number of aryl methyl sites for hydroxylation is 2. The molecule has 0 N–H and O–H groups in total. The maximum Gasteiger partial charge on any atom is 0.236 e. The normalized spacial score (nSPS) is 14.9. The molecule has 0 radical (unpaired) electrons. The van der Waals surface area contributed by atoms with Crippen molar-refractivity contribution in [2.75, 3.05) is 20.1 Å². The summed E-state index contributed by atoms with van der Waals surface area (Å²) in [6, 6.07) is 0. The van der Waals surface area contributed by atoms with Crippen molar-refractivity contribution in [2.24, 2.45) is 7.05 Å². The highest BCUT2D eigenvalue weighted by atomic mass is 16.2. The van der Waals surface area contributed by atoms with Crippen LogP contribution in [0.1, 0.15) is 17.2 Å². The Bertz CT molecular complexity index is 675. The molecular formula is C14H21N7O. The summed E-state index contributed by atoms with van der Waals surface area (Å²) < 4.78 is 3.85. The van der Waals surface area contributed by atoms with Gasteiger partial charge in [-0.2, -0.15) is 5.10 Å². The van der Waals surface area contributed by atoms with E-state index in [0.717, 1.165) is 30.3 Å². The second kappa shape index (κ2) is 5.88. The average molecular weight is 303 g/mol.